The van der Waals surface area contributed by atoms with Gasteiger partial charge >= 0.3 is 0 Å². The van der Waals surface area contributed by atoms with E-state index in [0.29, 0.717) is 26.5 Å². The molecule has 0 atom stereocenters. The average Bonchev–Trinajstić information content (AvgIpc) is 2.67. The summed E-state index contributed by atoms with van der Waals surface area (Å²) in [5.74, 6) is 0.116. The number of nitrogens with zero attached hydrogens (tertiary/aromatic N) is 2. The van der Waals surface area contributed by atoms with Crippen LogP contribution in [-0.4, -0.2) is 50.1 Å². The number of likely N-dealkylation sites (N-methyl/N-ethyl adjacent to an activating group) is 1. The number of nitrogens with one attached hydrogen (secondary N) is 1. The van der Waals surface area contributed by atoms with E-state index >= 15 is 0 Å². The number of carbonyl (C=O) groups excluding carboxylic acids is 1. The van der Waals surface area contributed by atoms with Crippen LogP contribution < -0.4 is 15.0 Å². The molecule has 150 valence electrons. The largest absolute Gasteiger partial charge is 0.482 e. The molecule has 1 heterocycles. The Labute approximate surface area is 180 Å². The predicted octanol–water partition coefficient (Wildman–Crippen LogP) is 4.81. The molecule has 1 amide bonds. The van der Waals surface area contributed by atoms with Crippen molar-refractivity contribution in [2.75, 3.05) is 49.5 Å². The van der Waals surface area contributed by atoms with Gasteiger partial charge in [0.2, 0.25) is 0 Å². The highest BCUT2D eigenvalue weighted by molar-refractivity contribution is 6.35. The summed E-state index contributed by atoms with van der Waals surface area (Å²) < 4.78 is 5.51. The maximum absolute atomic E-state index is 12.4. The third-order valence-corrected chi connectivity index (χ3v) is 5.41. The van der Waals surface area contributed by atoms with Gasteiger partial charge in [0, 0.05) is 36.2 Å². The summed E-state index contributed by atoms with van der Waals surface area (Å²) in [6.07, 6.45) is 0. The van der Waals surface area contributed by atoms with E-state index in [1.165, 1.54) is 0 Å². The second kappa shape index (κ2) is 9.70. The molecule has 5 nitrogen and oxygen atoms in total. The van der Waals surface area contributed by atoms with Crippen molar-refractivity contribution in [1.82, 2.24) is 4.90 Å². The second-order valence-electron chi connectivity index (χ2n) is 6.49. The molecule has 1 fully saturated rings. The van der Waals surface area contributed by atoms with Gasteiger partial charge in [-0.05, 0) is 42.9 Å². The molecule has 1 N–H and O–H groups in total. The maximum Gasteiger partial charge on any atom is 0.262 e. The van der Waals surface area contributed by atoms with Gasteiger partial charge in [-0.25, -0.2) is 0 Å². The van der Waals surface area contributed by atoms with Gasteiger partial charge in [0.15, 0.2) is 6.61 Å². The fourth-order valence-corrected chi connectivity index (χ4v) is 3.75. The Morgan fingerprint density at radius 2 is 1.71 bits per heavy atom. The lowest BCUT2D eigenvalue weighted by Crippen LogP contribution is -2.46. The van der Waals surface area contributed by atoms with E-state index in [0.717, 1.165) is 38.4 Å². The van der Waals surface area contributed by atoms with Gasteiger partial charge in [-0.2, -0.15) is 0 Å². The molecule has 0 unspecified atom stereocenters. The summed E-state index contributed by atoms with van der Waals surface area (Å²) >= 11 is 18.1. The highest BCUT2D eigenvalue weighted by atomic mass is 35.5. The molecule has 0 aliphatic carbocycles. The Morgan fingerprint density at radius 3 is 2.39 bits per heavy atom. The zero-order valence-corrected chi connectivity index (χ0v) is 17.8. The number of amides is 1. The fourth-order valence-electron chi connectivity index (χ4n) is 3.11. The first-order valence-electron chi connectivity index (χ1n) is 9.11. The van der Waals surface area contributed by atoms with Crippen LogP contribution in [0.5, 0.6) is 5.75 Å². The van der Waals surface area contributed by atoms with Crippen molar-refractivity contribution in [3.63, 3.8) is 0 Å². The summed E-state index contributed by atoms with van der Waals surface area (Å²) in [6, 6.07) is 10.4. The number of anilines is 2. The first-order valence-corrected chi connectivity index (χ1v) is 10.2. The van der Waals surface area contributed by atoms with Crippen LogP contribution in [0, 0.1) is 0 Å². The molecule has 1 saturated heterocycles. The monoisotopic (exact) mass is 441 g/mol. The second-order valence-corrected chi connectivity index (χ2v) is 7.77. The molecule has 1 aliphatic rings. The van der Waals surface area contributed by atoms with Gasteiger partial charge < -0.3 is 19.9 Å². The van der Waals surface area contributed by atoms with E-state index < -0.39 is 0 Å². The number of rotatable bonds is 6. The lowest BCUT2D eigenvalue weighted by atomic mass is 10.2. The molecular weight excluding hydrogens is 421 g/mol. The van der Waals surface area contributed by atoms with E-state index in [2.05, 4.69) is 22.0 Å². The van der Waals surface area contributed by atoms with Gasteiger partial charge in [-0.1, -0.05) is 41.7 Å². The molecule has 0 radical (unpaired) electrons. The lowest BCUT2D eigenvalue weighted by Gasteiger charge is -2.36. The zero-order chi connectivity index (χ0) is 20.1. The summed E-state index contributed by atoms with van der Waals surface area (Å²) in [5, 5.41) is 4.33. The zero-order valence-electron chi connectivity index (χ0n) is 15.6. The smallest absolute Gasteiger partial charge is 0.262 e. The molecule has 2 aromatic rings. The minimum absolute atomic E-state index is 0.170. The van der Waals surface area contributed by atoms with Crippen LogP contribution in [0.15, 0.2) is 36.4 Å². The molecule has 2 aromatic carbocycles. The number of halogens is 3. The molecule has 8 heteroatoms. The minimum atomic E-state index is -0.290. The van der Waals surface area contributed by atoms with Crippen LogP contribution in [0.4, 0.5) is 11.4 Å². The summed E-state index contributed by atoms with van der Waals surface area (Å²) in [6.45, 7) is 6.82. The Bertz CT molecular complexity index is 839. The Kier molecular flexibility index (Phi) is 7.30. The number of piperazine rings is 1. The molecule has 0 bridgehead atoms. The van der Waals surface area contributed by atoms with Crippen molar-refractivity contribution in [2.24, 2.45) is 0 Å². The normalized spacial score (nSPS) is 14.8. The van der Waals surface area contributed by atoms with Crippen molar-refractivity contribution >= 4 is 52.1 Å². The minimum Gasteiger partial charge on any atom is -0.482 e. The van der Waals surface area contributed by atoms with Crippen LogP contribution in [-0.2, 0) is 4.79 Å². The van der Waals surface area contributed by atoms with Crippen molar-refractivity contribution in [3.05, 3.63) is 51.5 Å². The number of hydrogen-bond donors (Lipinski definition) is 1. The van der Waals surface area contributed by atoms with Gasteiger partial charge in [-0.3, -0.25) is 4.79 Å². The topological polar surface area (TPSA) is 44.8 Å². The summed E-state index contributed by atoms with van der Waals surface area (Å²) in [4.78, 5) is 17.1. The molecule has 0 saturated carbocycles. The molecule has 3 rings (SSSR count). The van der Waals surface area contributed by atoms with Crippen LogP contribution in [0.3, 0.4) is 0 Å². The van der Waals surface area contributed by atoms with E-state index in [4.69, 9.17) is 39.5 Å². The number of carbonyl (C=O) groups is 1. The van der Waals surface area contributed by atoms with Crippen molar-refractivity contribution in [1.29, 1.82) is 0 Å². The van der Waals surface area contributed by atoms with Crippen molar-refractivity contribution in [3.8, 4) is 5.75 Å². The summed E-state index contributed by atoms with van der Waals surface area (Å²) in [7, 11) is 0. The highest BCUT2D eigenvalue weighted by Crippen LogP contribution is 2.31. The quantitative estimate of drug-likeness (QED) is 0.697. The Morgan fingerprint density at radius 1 is 1.04 bits per heavy atom. The number of hydrogen-bond acceptors (Lipinski definition) is 4. The Balaban J connectivity index is 1.66. The van der Waals surface area contributed by atoms with Crippen LogP contribution >= 0.6 is 34.8 Å². The van der Waals surface area contributed by atoms with Gasteiger partial charge in [0.05, 0.1) is 16.4 Å². The van der Waals surface area contributed by atoms with Crippen molar-refractivity contribution < 1.29 is 9.53 Å². The molecule has 28 heavy (non-hydrogen) atoms. The van der Waals surface area contributed by atoms with Crippen molar-refractivity contribution in [2.45, 2.75) is 6.92 Å². The molecule has 1 aliphatic heterocycles. The van der Waals surface area contributed by atoms with E-state index in [1.54, 1.807) is 24.3 Å². The van der Waals surface area contributed by atoms with Crippen LogP contribution in [0.1, 0.15) is 6.92 Å². The van der Waals surface area contributed by atoms with Gasteiger partial charge in [0.1, 0.15) is 5.75 Å². The predicted molar refractivity (Wildman–Crippen MR) is 116 cm³/mol. The number of benzene rings is 2. The van der Waals surface area contributed by atoms with E-state index in [-0.39, 0.29) is 12.5 Å². The van der Waals surface area contributed by atoms with Crippen LogP contribution in [0.25, 0.3) is 0 Å². The molecule has 0 aromatic heterocycles. The SMILES string of the molecule is CCN1CCN(c2ccc(Cl)cc2NC(=O)COc2ccc(Cl)cc2Cl)CC1. The summed E-state index contributed by atoms with van der Waals surface area (Å²) in [5.41, 5.74) is 1.63. The first kappa shape index (κ1) is 21.1. The third kappa shape index (κ3) is 5.45. The lowest BCUT2D eigenvalue weighted by molar-refractivity contribution is -0.118. The molecule has 0 spiro atoms. The fraction of sp³-hybridized carbons (Fsp3) is 0.350. The molecular formula is C20H22Cl3N3O2. The standard InChI is InChI=1S/C20H22Cl3N3O2/c1-2-25-7-9-26(10-8-25)18-5-3-15(22)12-17(18)24-20(27)13-28-19-6-4-14(21)11-16(19)23/h3-6,11-12H,2,7-10,13H2,1H3,(H,24,27). The maximum atomic E-state index is 12.4. The first-order chi connectivity index (χ1) is 13.5. The van der Waals surface area contributed by atoms with E-state index in [9.17, 15) is 4.79 Å². The highest BCUT2D eigenvalue weighted by Gasteiger charge is 2.19. The third-order valence-electron chi connectivity index (χ3n) is 4.65. The Hall–Kier alpha value is -1.66. The average molecular weight is 443 g/mol. The van der Waals surface area contributed by atoms with Gasteiger partial charge in [-0.15, -0.1) is 0 Å². The number of ether oxygens (including phenoxy) is 1. The van der Waals surface area contributed by atoms with Crippen LogP contribution in [0.2, 0.25) is 15.1 Å². The van der Waals surface area contributed by atoms with Gasteiger partial charge in [0.25, 0.3) is 5.91 Å². The van der Waals surface area contributed by atoms with E-state index in [1.807, 2.05) is 12.1 Å².